The summed E-state index contributed by atoms with van der Waals surface area (Å²) >= 11 is 0. The number of carbonyl (C=O) groups excluding carboxylic acids is 2. The molecule has 0 aromatic carbocycles. The molecule has 0 radical (unpaired) electrons. The van der Waals surface area contributed by atoms with Crippen LogP contribution in [0.2, 0.25) is 0 Å². The van der Waals surface area contributed by atoms with E-state index in [1.165, 1.54) is 9.80 Å². The van der Waals surface area contributed by atoms with Gasteiger partial charge in [-0.3, -0.25) is 14.5 Å². The van der Waals surface area contributed by atoms with E-state index in [1.807, 2.05) is 0 Å². The second-order valence-electron chi connectivity index (χ2n) is 3.83. The number of nitrogens with zero attached hydrogens (tertiary/aromatic N) is 3. The van der Waals surface area contributed by atoms with Crippen molar-refractivity contribution in [3.8, 4) is 0 Å². The molecule has 0 unspecified atom stereocenters. The summed E-state index contributed by atoms with van der Waals surface area (Å²) in [6.45, 7) is 0. The van der Waals surface area contributed by atoms with Gasteiger partial charge in [-0.1, -0.05) is 0 Å². The molecular weight excluding hydrogens is 182 g/mol. The van der Waals surface area contributed by atoms with Gasteiger partial charge in [0.25, 0.3) is 0 Å². The molecule has 0 aliphatic rings. The lowest BCUT2D eigenvalue weighted by atomic mass is 10.2. The van der Waals surface area contributed by atoms with Crippen molar-refractivity contribution in [3.05, 3.63) is 0 Å². The molecule has 0 aliphatic carbocycles. The first kappa shape index (κ1) is 12.9. The summed E-state index contributed by atoms with van der Waals surface area (Å²) in [6, 6.07) is -0.722. The van der Waals surface area contributed by atoms with E-state index in [0.717, 1.165) is 0 Å². The predicted molar refractivity (Wildman–Crippen MR) is 54.9 cm³/mol. The first-order chi connectivity index (χ1) is 6.29. The molecule has 0 aliphatic heterocycles. The Morgan fingerprint density at radius 1 is 0.786 bits per heavy atom. The number of amides is 2. The van der Waals surface area contributed by atoms with Crippen LogP contribution in [0.15, 0.2) is 0 Å². The van der Waals surface area contributed by atoms with E-state index in [2.05, 4.69) is 0 Å². The summed E-state index contributed by atoms with van der Waals surface area (Å²) < 4.78 is 0. The highest BCUT2D eigenvalue weighted by atomic mass is 16.2. The lowest BCUT2D eigenvalue weighted by Crippen LogP contribution is -2.52. The second kappa shape index (κ2) is 4.95. The van der Waals surface area contributed by atoms with Gasteiger partial charge in [-0.15, -0.1) is 0 Å². The van der Waals surface area contributed by atoms with E-state index in [1.54, 1.807) is 47.2 Å². The van der Waals surface area contributed by atoms with Crippen LogP contribution in [0.4, 0.5) is 0 Å². The van der Waals surface area contributed by atoms with Gasteiger partial charge < -0.3 is 9.80 Å². The number of carbonyl (C=O) groups is 2. The highest BCUT2D eigenvalue weighted by Crippen LogP contribution is 2.01. The van der Waals surface area contributed by atoms with Crippen LogP contribution >= 0.6 is 0 Å². The third-order valence-electron chi connectivity index (χ3n) is 1.87. The van der Waals surface area contributed by atoms with Crippen LogP contribution in [0.3, 0.4) is 0 Å². The third kappa shape index (κ3) is 2.99. The average molecular weight is 201 g/mol. The highest BCUT2D eigenvalue weighted by molar-refractivity contribution is 6.03. The van der Waals surface area contributed by atoms with E-state index in [9.17, 15) is 9.59 Å². The molecule has 0 bridgehead atoms. The van der Waals surface area contributed by atoms with Gasteiger partial charge in [0, 0.05) is 28.2 Å². The van der Waals surface area contributed by atoms with Gasteiger partial charge in [0.05, 0.1) is 0 Å². The van der Waals surface area contributed by atoms with Crippen LogP contribution in [-0.4, -0.2) is 74.8 Å². The normalized spacial score (nSPS) is 10.6. The second-order valence-corrected chi connectivity index (χ2v) is 3.83. The fourth-order valence-corrected chi connectivity index (χ4v) is 1.04. The van der Waals surface area contributed by atoms with Crippen molar-refractivity contribution in [3.63, 3.8) is 0 Å². The molecule has 0 aromatic heterocycles. The van der Waals surface area contributed by atoms with Crippen molar-refractivity contribution in [1.29, 1.82) is 0 Å². The standard InChI is InChI=1S/C9H19N3O2/c1-10(2)7(8(13)11(3)4)9(14)12(5)6/h7H,1-6H3. The fraction of sp³-hybridized carbons (Fsp3) is 0.778. The zero-order chi connectivity index (χ0) is 11.5. The first-order valence-corrected chi connectivity index (χ1v) is 4.37. The number of likely N-dealkylation sites (N-methyl/N-ethyl adjacent to an activating group) is 3. The monoisotopic (exact) mass is 201 g/mol. The minimum absolute atomic E-state index is 0.200. The molecule has 2 amide bonds. The maximum atomic E-state index is 11.7. The van der Waals surface area contributed by atoms with E-state index in [4.69, 9.17) is 0 Å². The quantitative estimate of drug-likeness (QED) is 0.555. The van der Waals surface area contributed by atoms with Gasteiger partial charge in [0.15, 0.2) is 6.04 Å². The Hall–Kier alpha value is -1.10. The largest absolute Gasteiger partial charge is 0.347 e. The smallest absolute Gasteiger partial charge is 0.249 e. The van der Waals surface area contributed by atoms with Crippen molar-refractivity contribution in [2.75, 3.05) is 42.3 Å². The van der Waals surface area contributed by atoms with Gasteiger partial charge in [0.1, 0.15) is 0 Å². The summed E-state index contributed by atoms with van der Waals surface area (Å²) in [4.78, 5) is 27.8. The van der Waals surface area contributed by atoms with Crippen LogP contribution in [0.5, 0.6) is 0 Å². The molecule has 0 fully saturated rings. The number of rotatable bonds is 3. The zero-order valence-corrected chi connectivity index (χ0v) is 9.74. The summed E-state index contributed by atoms with van der Waals surface area (Å²) in [7, 11) is 9.99. The summed E-state index contributed by atoms with van der Waals surface area (Å²) in [5, 5.41) is 0. The molecule has 5 nitrogen and oxygen atoms in total. The van der Waals surface area contributed by atoms with Crippen LogP contribution in [0, 0.1) is 0 Å². The molecule has 0 rings (SSSR count). The molecule has 0 saturated carbocycles. The lowest BCUT2D eigenvalue weighted by molar-refractivity contribution is -0.145. The van der Waals surface area contributed by atoms with Gasteiger partial charge >= 0.3 is 0 Å². The van der Waals surface area contributed by atoms with E-state index >= 15 is 0 Å². The molecule has 82 valence electrons. The molecule has 5 heteroatoms. The van der Waals surface area contributed by atoms with Gasteiger partial charge in [-0.05, 0) is 14.1 Å². The lowest BCUT2D eigenvalue weighted by Gasteiger charge is -2.27. The first-order valence-electron chi connectivity index (χ1n) is 4.37. The molecule has 14 heavy (non-hydrogen) atoms. The SMILES string of the molecule is CN(C)C(=O)C(C(=O)N(C)C)N(C)C. The minimum Gasteiger partial charge on any atom is -0.347 e. The molecule has 0 saturated heterocycles. The third-order valence-corrected chi connectivity index (χ3v) is 1.87. The summed E-state index contributed by atoms with van der Waals surface area (Å²) in [5.74, 6) is -0.401. The Morgan fingerprint density at radius 3 is 1.21 bits per heavy atom. The van der Waals surface area contributed by atoms with Gasteiger partial charge in [-0.25, -0.2) is 0 Å². The molecule has 0 spiro atoms. The number of hydrogen-bond donors (Lipinski definition) is 0. The van der Waals surface area contributed by atoms with Crippen LogP contribution < -0.4 is 0 Å². The Bertz CT molecular complexity index is 204. The van der Waals surface area contributed by atoms with Crippen molar-refractivity contribution in [1.82, 2.24) is 14.7 Å². The Morgan fingerprint density at radius 2 is 1.07 bits per heavy atom. The van der Waals surface area contributed by atoms with Crippen molar-refractivity contribution in [2.24, 2.45) is 0 Å². The van der Waals surface area contributed by atoms with E-state index in [-0.39, 0.29) is 11.8 Å². The van der Waals surface area contributed by atoms with Gasteiger partial charge in [-0.2, -0.15) is 0 Å². The fourth-order valence-electron chi connectivity index (χ4n) is 1.04. The molecular formula is C9H19N3O2. The summed E-state index contributed by atoms with van der Waals surface area (Å²) in [6.07, 6.45) is 0. The topological polar surface area (TPSA) is 43.9 Å². The molecule has 0 N–H and O–H groups in total. The van der Waals surface area contributed by atoms with Crippen LogP contribution in [0.1, 0.15) is 0 Å². The average Bonchev–Trinajstić information content (AvgIpc) is 2.03. The predicted octanol–water partition coefficient (Wildman–Crippen LogP) is -0.907. The Labute approximate surface area is 85.3 Å². The van der Waals surface area contributed by atoms with Crippen molar-refractivity contribution >= 4 is 11.8 Å². The molecule has 0 heterocycles. The molecule has 0 aromatic rings. The van der Waals surface area contributed by atoms with E-state index in [0.29, 0.717) is 0 Å². The van der Waals surface area contributed by atoms with Crippen molar-refractivity contribution in [2.45, 2.75) is 6.04 Å². The number of hydrogen-bond acceptors (Lipinski definition) is 3. The van der Waals surface area contributed by atoms with Crippen molar-refractivity contribution < 1.29 is 9.59 Å². The van der Waals surface area contributed by atoms with Gasteiger partial charge in [0.2, 0.25) is 11.8 Å². The maximum absolute atomic E-state index is 11.7. The van der Waals surface area contributed by atoms with E-state index < -0.39 is 6.04 Å². The maximum Gasteiger partial charge on any atom is 0.249 e. The Kier molecular flexibility index (Phi) is 4.56. The van der Waals surface area contributed by atoms with Crippen LogP contribution in [-0.2, 0) is 9.59 Å². The Balaban J connectivity index is 4.78. The molecule has 0 atom stereocenters. The zero-order valence-electron chi connectivity index (χ0n) is 9.74. The minimum atomic E-state index is -0.722. The summed E-state index contributed by atoms with van der Waals surface area (Å²) in [5.41, 5.74) is 0. The highest BCUT2D eigenvalue weighted by Gasteiger charge is 2.30. The van der Waals surface area contributed by atoms with Crippen LogP contribution in [0.25, 0.3) is 0 Å².